The molecule has 2 aromatic heterocycles. The van der Waals surface area contributed by atoms with Crippen LogP contribution in [0.25, 0.3) is 0 Å². The predicted molar refractivity (Wildman–Crippen MR) is 170 cm³/mol. The van der Waals surface area contributed by atoms with Gasteiger partial charge in [0.25, 0.3) is 0 Å². The van der Waals surface area contributed by atoms with Crippen molar-refractivity contribution >= 4 is 60.6 Å². The van der Waals surface area contributed by atoms with Gasteiger partial charge in [-0.25, -0.2) is 14.2 Å². The fraction of sp³-hybridized carbons (Fsp3) is 0.414. The summed E-state index contributed by atoms with van der Waals surface area (Å²) in [6.07, 6.45) is 3.61. The fourth-order valence-electron chi connectivity index (χ4n) is 4.84. The van der Waals surface area contributed by atoms with Gasteiger partial charge in [-0.3, -0.25) is 14.8 Å². The number of benzene rings is 1. The Morgan fingerprint density at radius 1 is 1.05 bits per heavy atom. The number of aromatic nitrogens is 2. The molecule has 0 radical (unpaired) electrons. The molecule has 41 heavy (non-hydrogen) atoms. The third-order valence-electron chi connectivity index (χ3n) is 7.04. The lowest BCUT2D eigenvalue weighted by atomic mass is 9.98. The van der Waals surface area contributed by atoms with Gasteiger partial charge >= 0.3 is 5.97 Å². The Hall–Kier alpha value is -2.20. The standard InChI is InChI=1S/C29H35ClFN5O2.3ClH/c1-4-34(19-24-25(30)6-5-7-26(24)31)18-22-9-8-21(16-33-22)17-35-12-14-36(15-13-35)28-27(29(37)38)23(20(2)3)10-11-32-28;;;/h5-11,16,20H,4,12-15,17-19H2,1-3H3,(H,37,38);3*1H. The third kappa shape index (κ3) is 9.40. The molecule has 1 fully saturated rings. The molecule has 1 saturated heterocycles. The van der Waals surface area contributed by atoms with E-state index in [1.54, 1.807) is 24.4 Å². The zero-order valence-corrected chi connectivity index (χ0v) is 26.6. The van der Waals surface area contributed by atoms with E-state index >= 15 is 0 Å². The summed E-state index contributed by atoms with van der Waals surface area (Å²) in [4.78, 5) is 27.6. The van der Waals surface area contributed by atoms with E-state index in [4.69, 9.17) is 11.6 Å². The molecule has 0 amide bonds. The average molecular weight is 649 g/mol. The minimum Gasteiger partial charge on any atom is -0.478 e. The second kappa shape index (κ2) is 17.0. The molecule has 0 atom stereocenters. The minimum atomic E-state index is -0.927. The van der Waals surface area contributed by atoms with E-state index < -0.39 is 5.97 Å². The van der Waals surface area contributed by atoms with Crippen molar-refractivity contribution in [1.82, 2.24) is 19.8 Å². The van der Waals surface area contributed by atoms with Crippen LogP contribution in [0.1, 0.15) is 59.4 Å². The predicted octanol–water partition coefficient (Wildman–Crippen LogP) is 6.70. The lowest BCUT2D eigenvalue weighted by Gasteiger charge is -2.36. The molecule has 1 N–H and O–H groups in total. The van der Waals surface area contributed by atoms with Crippen LogP contribution in [0.3, 0.4) is 0 Å². The van der Waals surface area contributed by atoms with Gasteiger partial charge in [0.2, 0.25) is 0 Å². The molecule has 0 saturated carbocycles. The van der Waals surface area contributed by atoms with Crippen LogP contribution in [0.4, 0.5) is 10.2 Å². The summed E-state index contributed by atoms with van der Waals surface area (Å²) in [6, 6.07) is 10.7. The maximum Gasteiger partial charge on any atom is 0.339 e. The molecule has 1 aromatic carbocycles. The highest BCUT2D eigenvalue weighted by Crippen LogP contribution is 2.28. The molecule has 0 unspecified atom stereocenters. The molecule has 1 aliphatic rings. The van der Waals surface area contributed by atoms with E-state index in [0.29, 0.717) is 48.1 Å². The zero-order chi connectivity index (χ0) is 27.2. The highest BCUT2D eigenvalue weighted by Gasteiger charge is 2.25. The second-order valence-corrected chi connectivity index (χ2v) is 10.4. The summed E-state index contributed by atoms with van der Waals surface area (Å²) >= 11 is 6.21. The Morgan fingerprint density at radius 2 is 1.76 bits per heavy atom. The quantitative estimate of drug-likeness (QED) is 0.262. The van der Waals surface area contributed by atoms with E-state index in [9.17, 15) is 14.3 Å². The molecule has 1 aliphatic heterocycles. The van der Waals surface area contributed by atoms with Crippen molar-refractivity contribution in [2.45, 2.75) is 46.3 Å². The van der Waals surface area contributed by atoms with Crippen LogP contribution >= 0.6 is 48.8 Å². The van der Waals surface area contributed by atoms with Gasteiger partial charge in [0.1, 0.15) is 17.2 Å². The lowest BCUT2D eigenvalue weighted by molar-refractivity contribution is 0.0695. The number of carboxylic acids is 1. The first-order valence-electron chi connectivity index (χ1n) is 13.0. The Kier molecular flexibility index (Phi) is 15.3. The highest BCUT2D eigenvalue weighted by molar-refractivity contribution is 6.31. The van der Waals surface area contributed by atoms with Gasteiger partial charge in [-0.2, -0.15) is 0 Å². The van der Waals surface area contributed by atoms with Crippen molar-refractivity contribution in [1.29, 1.82) is 0 Å². The Labute approximate surface area is 265 Å². The van der Waals surface area contributed by atoms with Gasteiger partial charge in [-0.1, -0.05) is 44.5 Å². The van der Waals surface area contributed by atoms with Crippen LogP contribution in [-0.2, 0) is 19.6 Å². The van der Waals surface area contributed by atoms with Crippen molar-refractivity contribution in [2.75, 3.05) is 37.6 Å². The number of hydrogen-bond donors (Lipinski definition) is 1. The van der Waals surface area contributed by atoms with E-state index in [1.165, 1.54) is 6.07 Å². The topological polar surface area (TPSA) is 72.8 Å². The van der Waals surface area contributed by atoms with E-state index in [0.717, 1.165) is 43.0 Å². The smallest absolute Gasteiger partial charge is 0.339 e. The SMILES string of the molecule is CCN(Cc1ccc(CN2CCN(c3nccc(C(C)C)c3C(=O)O)CC2)cn1)Cc1c(F)cccc1Cl.Cl.Cl.Cl. The number of hydrogen-bond acceptors (Lipinski definition) is 6. The number of rotatable bonds is 10. The first-order valence-corrected chi connectivity index (χ1v) is 13.4. The van der Waals surface area contributed by atoms with Gasteiger partial charge in [0.05, 0.1) is 5.69 Å². The summed E-state index contributed by atoms with van der Waals surface area (Å²) in [7, 11) is 0. The molecule has 12 heteroatoms. The normalized spacial score (nSPS) is 13.4. The van der Waals surface area contributed by atoms with Crippen molar-refractivity contribution < 1.29 is 14.3 Å². The molecule has 3 aromatic rings. The zero-order valence-electron chi connectivity index (χ0n) is 23.4. The van der Waals surface area contributed by atoms with Crippen molar-refractivity contribution in [2.24, 2.45) is 0 Å². The highest BCUT2D eigenvalue weighted by atomic mass is 35.5. The summed E-state index contributed by atoms with van der Waals surface area (Å²) < 4.78 is 14.2. The number of carboxylic acid groups (broad SMARTS) is 1. The molecule has 226 valence electrons. The molecular weight excluding hydrogens is 611 g/mol. The number of carbonyl (C=O) groups is 1. The first-order chi connectivity index (χ1) is 18.3. The summed E-state index contributed by atoms with van der Waals surface area (Å²) in [5.41, 5.74) is 3.68. The van der Waals surface area contributed by atoms with Gasteiger partial charge < -0.3 is 10.0 Å². The van der Waals surface area contributed by atoms with E-state index in [2.05, 4.69) is 30.7 Å². The number of aromatic carboxylic acids is 1. The third-order valence-corrected chi connectivity index (χ3v) is 7.39. The average Bonchev–Trinajstić information content (AvgIpc) is 2.91. The summed E-state index contributed by atoms with van der Waals surface area (Å²) in [6.45, 7) is 11.6. The van der Waals surface area contributed by atoms with Crippen LogP contribution in [0.2, 0.25) is 5.02 Å². The van der Waals surface area contributed by atoms with E-state index in [-0.39, 0.29) is 49.0 Å². The molecular formula is C29H38Cl4FN5O2. The van der Waals surface area contributed by atoms with Crippen LogP contribution in [0, 0.1) is 5.82 Å². The second-order valence-electron chi connectivity index (χ2n) is 9.98. The molecule has 0 bridgehead atoms. The summed E-state index contributed by atoms with van der Waals surface area (Å²) in [5, 5.41) is 10.3. The van der Waals surface area contributed by atoms with Crippen LogP contribution in [-0.4, -0.2) is 63.6 Å². The molecule has 0 aliphatic carbocycles. The molecule has 4 rings (SSSR count). The van der Waals surface area contributed by atoms with Gasteiger partial charge in [0, 0.05) is 68.8 Å². The van der Waals surface area contributed by atoms with Crippen molar-refractivity contribution in [3.8, 4) is 0 Å². The van der Waals surface area contributed by atoms with Gasteiger partial charge in [-0.05, 0) is 47.9 Å². The number of pyridine rings is 2. The minimum absolute atomic E-state index is 0. The van der Waals surface area contributed by atoms with Gasteiger partial charge in [0.15, 0.2) is 0 Å². The molecule has 7 nitrogen and oxygen atoms in total. The Morgan fingerprint density at radius 3 is 2.32 bits per heavy atom. The van der Waals surface area contributed by atoms with Crippen molar-refractivity contribution in [3.63, 3.8) is 0 Å². The van der Waals surface area contributed by atoms with Crippen LogP contribution < -0.4 is 4.90 Å². The largest absolute Gasteiger partial charge is 0.478 e. The number of anilines is 1. The fourth-order valence-corrected chi connectivity index (χ4v) is 5.06. The van der Waals surface area contributed by atoms with Crippen LogP contribution in [0.5, 0.6) is 0 Å². The molecule has 3 heterocycles. The van der Waals surface area contributed by atoms with Crippen molar-refractivity contribution in [3.05, 3.63) is 87.6 Å². The number of piperazine rings is 1. The Bertz CT molecular complexity index is 1240. The number of halogens is 5. The lowest BCUT2D eigenvalue weighted by Crippen LogP contribution is -2.46. The van der Waals surface area contributed by atoms with E-state index in [1.807, 2.05) is 33.0 Å². The maximum absolute atomic E-state index is 14.2. The summed E-state index contributed by atoms with van der Waals surface area (Å²) in [5.74, 6) is -0.543. The van der Waals surface area contributed by atoms with Gasteiger partial charge in [-0.15, -0.1) is 37.2 Å². The van der Waals surface area contributed by atoms with Crippen LogP contribution in [0.15, 0.2) is 48.8 Å². The monoisotopic (exact) mass is 647 g/mol. The molecule has 0 spiro atoms. The Balaban J connectivity index is 0.00000280. The number of nitrogens with zero attached hydrogens (tertiary/aromatic N) is 5. The maximum atomic E-state index is 14.2. The first kappa shape index (κ1) is 36.8.